The highest BCUT2D eigenvalue weighted by Gasteiger charge is 2.29. The second-order valence-corrected chi connectivity index (χ2v) is 7.79. The van der Waals surface area contributed by atoms with Gasteiger partial charge >= 0.3 is 0 Å². The zero-order valence-electron chi connectivity index (χ0n) is 16.4. The van der Waals surface area contributed by atoms with Crippen molar-refractivity contribution in [3.63, 3.8) is 0 Å². The van der Waals surface area contributed by atoms with Gasteiger partial charge in [0.05, 0.1) is 6.42 Å². The summed E-state index contributed by atoms with van der Waals surface area (Å²) in [6, 6.07) is 14.2. The largest absolute Gasteiger partial charge is 0.352 e. The molecule has 0 aliphatic rings. The Morgan fingerprint density at radius 3 is 2.14 bits per heavy atom. The minimum Gasteiger partial charge on any atom is -0.352 e. The average Bonchev–Trinajstić information content (AvgIpc) is 2.64. The van der Waals surface area contributed by atoms with Crippen molar-refractivity contribution in [2.75, 3.05) is 0 Å². The SMILES string of the molecule is CCC(C(=O)NC(C)C)N(Cc1ccccc1)C(=O)Cc1c(Cl)cccc1Cl. The molecule has 0 spiro atoms. The van der Waals surface area contributed by atoms with E-state index >= 15 is 0 Å². The highest BCUT2D eigenvalue weighted by Crippen LogP contribution is 2.26. The van der Waals surface area contributed by atoms with E-state index in [2.05, 4.69) is 5.32 Å². The lowest BCUT2D eigenvalue weighted by Crippen LogP contribution is -2.50. The van der Waals surface area contributed by atoms with Crippen LogP contribution in [-0.4, -0.2) is 28.8 Å². The predicted octanol–water partition coefficient (Wildman–Crippen LogP) is 4.87. The van der Waals surface area contributed by atoms with Gasteiger partial charge in [0.15, 0.2) is 0 Å². The fourth-order valence-corrected chi connectivity index (χ4v) is 3.57. The molecule has 0 fully saturated rings. The van der Waals surface area contributed by atoms with Gasteiger partial charge in [0.25, 0.3) is 0 Å². The number of hydrogen-bond donors (Lipinski definition) is 1. The second kappa shape index (κ2) is 10.5. The van der Waals surface area contributed by atoms with E-state index in [1.165, 1.54) is 0 Å². The number of benzene rings is 2. The molecule has 1 unspecified atom stereocenters. The Bertz CT molecular complexity index is 789. The Kier molecular flexibility index (Phi) is 8.34. The van der Waals surface area contributed by atoms with Crippen molar-refractivity contribution in [2.24, 2.45) is 0 Å². The molecule has 150 valence electrons. The highest BCUT2D eigenvalue weighted by atomic mass is 35.5. The number of hydrogen-bond acceptors (Lipinski definition) is 2. The number of rotatable bonds is 8. The second-order valence-electron chi connectivity index (χ2n) is 6.97. The third-order valence-electron chi connectivity index (χ3n) is 4.40. The summed E-state index contributed by atoms with van der Waals surface area (Å²) in [7, 11) is 0. The normalized spacial score (nSPS) is 11.9. The fraction of sp³-hybridized carbons (Fsp3) is 0.364. The van der Waals surface area contributed by atoms with Crippen molar-refractivity contribution in [3.8, 4) is 0 Å². The first kappa shape index (κ1) is 22.3. The van der Waals surface area contributed by atoms with Crippen LogP contribution in [0.2, 0.25) is 10.0 Å². The van der Waals surface area contributed by atoms with Gasteiger partial charge < -0.3 is 10.2 Å². The minimum atomic E-state index is -0.573. The van der Waals surface area contributed by atoms with Crippen LogP contribution in [0.4, 0.5) is 0 Å². The zero-order valence-corrected chi connectivity index (χ0v) is 17.9. The van der Waals surface area contributed by atoms with Crippen LogP contribution >= 0.6 is 23.2 Å². The molecule has 0 saturated carbocycles. The van der Waals surface area contributed by atoms with Crippen LogP contribution in [-0.2, 0) is 22.6 Å². The smallest absolute Gasteiger partial charge is 0.243 e. The molecule has 4 nitrogen and oxygen atoms in total. The molecule has 0 aromatic heterocycles. The van der Waals surface area contributed by atoms with Crippen LogP contribution in [0.5, 0.6) is 0 Å². The van der Waals surface area contributed by atoms with E-state index in [-0.39, 0.29) is 24.3 Å². The number of carbonyl (C=O) groups excluding carboxylic acids is 2. The van der Waals surface area contributed by atoms with Crippen LogP contribution in [0.1, 0.15) is 38.3 Å². The quantitative estimate of drug-likeness (QED) is 0.661. The topological polar surface area (TPSA) is 49.4 Å². The molecule has 2 amide bonds. The summed E-state index contributed by atoms with van der Waals surface area (Å²) in [5, 5.41) is 3.81. The molecule has 28 heavy (non-hydrogen) atoms. The minimum absolute atomic E-state index is 0.00626. The van der Waals surface area contributed by atoms with Crippen molar-refractivity contribution in [1.82, 2.24) is 10.2 Å². The summed E-state index contributed by atoms with van der Waals surface area (Å²) in [4.78, 5) is 27.6. The van der Waals surface area contributed by atoms with E-state index in [0.29, 0.717) is 28.6 Å². The van der Waals surface area contributed by atoms with Crippen LogP contribution in [0.15, 0.2) is 48.5 Å². The van der Waals surface area contributed by atoms with Crippen LogP contribution in [0, 0.1) is 0 Å². The molecule has 0 aliphatic carbocycles. The Balaban J connectivity index is 2.33. The highest BCUT2D eigenvalue weighted by molar-refractivity contribution is 6.36. The van der Waals surface area contributed by atoms with Crippen molar-refractivity contribution >= 4 is 35.0 Å². The summed E-state index contributed by atoms with van der Waals surface area (Å²) in [6.07, 6.45) is 0.546. The first-order valence-corrected chi connectivity index (χ1v) is 10.2. The Morgan fingerprint density at radius 2 is 1.61 bits per heavy atom. The summed E-state index contributed by atoms with van der Waals surface area (Å²) >= 11 is 12.5. The Hall–Kier alpha value is -2.04. The van der Waals surface area contributed by atoms with Crippen molar-refractivity contribution in [3.05, 3.63) is 69.7 Å². The van der Waals surface area contributed by atoms with Crippen molar-refractivity contribution < 1.29 is 9.59 Å². The van der Waals surface area contributed by atoms with Gasteiger partial charge in [-0.2, -0.15) is 0 Å². The van der Waals surface area contributed by atoms with Crippen molar-refractivity contribution in [1.29, 1.82) is 0 Å². The maximum atomic E-state index is 13.2. The Morgan fingerprint density at radius 1 is 1.00 bits per heavy atom. The van der Waals surface area contributed by atoms with E-state index in [4.69, 9.17) is 23.2 Å². The first-order valence-electron chi connectivity index (χ1n) is 9.40. The average molecular weight is 421 g/mol. The van der Waals surface area contributed by atoms with Gasteiger partial charge in [-0.1, -0.05) is 66.5 Å². The maximum Gasteiger partial charge on any atom is 0.243 e. The van der Waals surface area contributed by atoms with Gasteiger partial charge in [0.1, 0.15) is 6.04 Å². The summed E-state index contributed by atoms with van der Waals surface area (Å²) in [6.45, 7) is 6.04. The number of nitrogens with zero attached hydrogens (tertiary/aromatic N) is 1. The van der Waals surface area contributed by atoms with E-state index < -0.39 is 6.04 Å². The molecule has 2 aromatic rings. The molecule has 1 N–H and O–H groups in total. The van der Waals surface area contributed by atoms with Gasteiger partial charge in [-0.05, 0) is 43.5 Å². The fourth-order valence-electron chi connectivity index (χ4n) is 3.03. The van der Waals surface area contributed by atoms with Crippen molar-refractivity contribution in [2.45, 2.75) is 52.2 Å². The monoisotopic (exact) mass is 420 g/mol. The van der Waals surface area contributed by atoms with E-state index in [0.717, 1.165) is 5.56 Å². The van der Waals surface area contributed by atoms with Crippen LogP contribution in [0.25, 0.3) is 0 Å². The molecule has 2 aromatic carbocycles. The number of halogens is 2. The molecule has 0 saturated heterocycles. The van der Waals surface area contributed by atoms with E-state index in [9.17, 15) is 9.59 Å². The van der Waals surface area contributed by atoms with Crippen LogP contribution in [0.3, 0.4) is 0 Å². The van der Waals surface area contributed by atoms with Gasteiger partial charge in [-0.25, -0.2) is 0 Å². The third-order valence-corrected chi connectivity index (χ3v) is 5.11. The van der Waals surface area contributed by atoms with Gasteiger partial charge in [0.2, 0.25) is 11.8 Å². The molecular weight excluding hydrogens is 395 g/mol. The third kappa shape index (κ3) is 5.98. The summed E-state index contributed by atoms with van der Waals surface area (Å²) < 4.78 is 0. The number of nitrogens with one attached hydrogen (secondary N) is 1. The summed E-state index contributed by atoms with van der Waals surface area (Å²) in [5.41, 5.74) is 1.53. The molecule has 6 heteroatoms. The lowest BCUT2D eigenvalue weighted by atomic mass is 10.1. The van der Waals surface area contributed by atoms with E-state index in [1.807, 2.05) is 51.1 Å². The predicted molar refractivity (Wildman–Crippen MR) is 115 cm³/mol. The number of amides is 2. The van der Waals surface area contributed by atoms with E-state index in [1.54, 1.807) is 23.1 Å². The molecule has 2 rings (SSSR count). The number of carbonyl (C=O) groups is 2. The molecule has 0 radical (unpaired) electrons. The Labute approximate surface area is 176 Å². The van der Waals surface area contributed by atoms with Crippen LogP contribution < -0.4 is 5.32 Å². The zero-order chi connectivity index (χ0) is 20.7. The lowest BCUT2D eigenvalue weighted by Gasteiger charge is -2.31. The molecule has 0 aliphatic heterocycles. The van der Waals surface area contributed by atoms with Gasteiger partial charge in [0, 0.05) is 22.6 Å². The first-order chi connectivity index (χ1) is 13.3. The van der Waals surface area contributed by atoms with Gasteiger partial charge in [-0.3, -0.25) is 9.59 Å². The molecule has 0 heterocycles. The molecule has 1 atom stereocenters. The standard InChI is InChI=1S/C22H26Cl2N2O2/c1-4-20(22(28)25-15(2)3)26(14-16-9-6-5-7-10-16)21(27)13-17-18(23)11-8-12-19(17)24/h5-12,15,20H,4,13-14H2,1-3H3,(H,25,28). The molecule has 0 bridgehead atoms. The summed E-state index contributed by atoms with van der Waals surface area (Å²) in [5.74, 6) is -0.350. The maximum absolute atomic E-state index is 13.2. The van der Waals surface area contributed by atoms with Gasteiger partial charge in [-0.15, -0.1) is 0 Å². The lowest BCUT2D eigenvalue weighted by molar-refractivity contribution is -0.141. The molecular formula is C22H26Cl2N2O2.